The van der Waals surface area contributed by atoms with Gasteiger partial charge < -0.3 is 43.8 Å². The van der Waals surface area contributed by atoms with E-state index < -0.39 is 28.6 Å². The van der Waals surface area contributed by atoms with Crippen LogP contribution in [0.15, 0.2) is 18.7 Å². The lowest BCUT2D eigenvalue weighted by Gasteiger charge is -2.56. The number of aryl methyl sites for hydroxylation is 1. The van der Waals surface area contributed by atoms with Crippen LogP contribution >= 0.6 is 34.8 Å². The number of alkyl carbamates (subject to hydrolysis) is 1. The molecule has 0 saturated carbocycles. The minimum Gasteiger partial charge on any atom is -0.493 e. The van der Waals surface area contributed by atoms with Gasteiger partial charge in [0.05, 0.1) is 25.3 Å². The number of nitrogens with zero attached hydrogens (tertiary/aromatic N) is 2. The van der Waals surface area contributed by atoms with Crippen molar-refractivity contribution in [1.82, 2.24) is 15.5 Å². The number of fused-ring (bicyclic) bond motifs is 9. The van der Waals surface area contributed by atoms with Crippen LogP contribution in [0.3, 0.4) is 0 Å². The van der Waals surface area contributed by atoms with Gasteiger partial charge in [-0.15, -0.1) is 0 Å². The predicted molar refractivity (Wildman–Crippen MR) is 178 cm³/mol. The third kappa shape index (κ3) is 6.17. The molecule has 4 aliphatic rings. The molecule has 1 saturated heterocycles. The SMILES string of the molecule is C=CCOc1c(C)c2c(c3c1CC1[C@@H]4N[C@H](Cc5cc(C)c(OC)c(OCOC)c54)[C@H](C#N)N1[C@H]3CNC(=O)OCC(Cl)(Cl)Cl)OCO2. The summed E-state index contributed by atoms with van der Waals surface area (Å²) in [7, 11) is 3.18. The Hall–Kier alpha value is -3.31. The molecule has 1 amide bonds. The van der Waals surface area contributed by atoms with E-state index in [2.05, 4.69) is 34.2 Å². The van der Waals surface area contributed by atoms with Gasteiger partial charge in [-0.05, 0) is 37.8 Å². The number of carbonyl (C=O) groups is 1. The van der Waals surface area contributed by atoms with Crippen molar-refractivity contribution in [2.75, 3.05) is 47.6 Å². The number of halogens is 3. The highest BCUT2D eigenvalue weighted by Gasteiger charge is 2.54. The van der Waals surface area contributed by atoms with Crippen LogP contribution in [0.5, 0.6) is 28.7 Å². The molecule has 4 heterocycles. The van der Waals surface area contributed by atoms with Crippen LogP contribution in [-0.4, -0.2) is 80.5 Å². The van der Waals surface area contributed by atoms with Gasteiger partial charge in [-0.3, -0.25) is 4.90 Å². The number of nitriles is 1. The molecule has 48 heavy (non-hydrogen) atoms. The standard InChI is InChI=1S/C33H37Cl3N4O8/c1-6-7-44-28-17(3)29-31(48-15-47-29)25-19(28)10-21-26-24-18(8-16(2)27(43-5)30(24)46-14-42-4)9-20(39-26)22(11-37)40(21)23(25)12-38-32(41)45-13-33(34,35)36/h6,8,20-23,26,39H,1,7,9-10,12-15H2,2-5H3,(H,38,41)/t20-,21?,22+,23+,26+/m1/s1. The van der Waals surface area contributed by atoms with Crippen molar-refractivity contribution >= 4 is 40.9 Å². The number of nitrogens with one attached hydrogen (secondary N) is 2. The first kappa shape index (κ1) is 34.5. The summed E-state index contributed by atoms with van der Waals surface area (Å²) in [5.74, 6) is 2.94. The molecule has 5 atom stereocenters. The van der Waals surface area contributed by atoms with Crippen LogP contribution in [0.4, 0.5) is 4.79 Å². The quantitative estimate of drug-likeness (QED) is 0.193. The van der Waals surface area contributed by atoms with Gasteiger partial charge in [0.25, 0.3) is 0 Å². The Balaban J connectivity index is 1.52. The van der Waals surface area contributed by atoms with Gasteiger partial charge >= 0.3 is 6.09 Å². The van der Waals surface area contributed by atoms with Gasteiger partial charge in [0.1, 0.15) is 25.0 Å². The molecule has 2 bridgehead atoms. The van der Waals surface area contributed by atoms with Crippen molar-refractivity contribution < 1.29 is 38.0 Å². The Bertz CT molecular complexity index is 1640. The zero-order chi connectivity index (χ0) is 34.3. The molecule has 0 radical (unpaired) electrons. The minimum absolute atomic E-state index is 0.0175. The van der Waals surface area contributed by atoms with E-state index in [-0.39, 0.29) is 44.9 Å². The lowest BCUT2D eigenvalue weighted by atomic mass is 9.72. The van der Waals surface area contributed by atoms with Crippen molar-refractivity contribution in [3.8, 4) is 34.8 Å². The van der Waals surface area contributed by atoms with Crippen molar-refractivity contribution in [1.29, 1.82) is 5.26 Å². The first-order chi connectivity index (χ1) is 23.0. The molecule has 1 fully saturated rings. The maximum Gasteiger partial charge on any atom is 0.407 e. The summed E-state index contributed by atoms with van der Waals surface area (Å²) in [5, 5.41) is 17.4. The number of ether oxygens (including phenoxy) is 7. The summed E-state index contributed by atoms with van der Waals surface area (Å²) in [6, 6.07) is 2.63. The average molecular weight is 724 g/mol. The molecular weight excluding hydrogens is 687 g/mol. The fourth-order valence-corrected chi connectivity index (χ4v) is 7.73. The molecular formula is C33H37Cl3N4O8. The summed E-state index contributed by atoms with van der Waals surface area (Å²) in [6.07, 6.45) is 1.92. The molecule has 2 N–H and O–H groups in total. The first-order valence-corrected chi connectivity index (χ1v) is 16.6. The Morgan fingerprint density at radius 2 is 1.94 bits per heavy atom. The number of hydrogen-bond donors (Lipinski definition) is 2. The average Bonchev–Trinajstić information content (AvgIpc) is 3.55. The lowest BCUT2D eigenvalue weighted by molar-refractivity contribution is -0.00350. The zero-order valence-corrected chi connectivity index (χ0v) is 29.3. The molecule has 12 nitrogen and oxygen atoms in total. The molecule has 0 aromatic heterocycles. The van der Waals surface area contributed by atoms with Crippen LogP contribution in [-0.2, 0) is 22.3 Å². The number of hydrogen-bond acceptors (Lipinski definition) is 11. The van der Waals surface area contributed by atoms with Crippen molar-refractivity contribution in [2.45, 2.75) is 60.7 Å². The van der Waals surface area contributed by atoms with E-state index >= 15 is 0 Å². The van der Waals surface area contributed by atoms with E-state index in [0.717, 1.165) is 33.4 Å². The van der Waals surface area contributed by atoms with Crippen LogP contribution in [0, 0.1) is 25.2 Å². The second-order valence-corrected chi connectivity index (χ2v) is 14.5. The number of amides is 1. The second-order valence-electron chi connectivity index (χ2n) is 12.0. The van der Waals surface area contributed by atoms with Gasteiger partial charge in [-0.25, -0.2) is 4.79 Å². The Kier molecular flexibility index (Phi) is 10.0. The summed E-state index contributed by atoms with van der Waals surface area (Å²) in [4.78, 5) is 15.1. The van der Waals surface area contributed by atoms with Crippen LogP contribution in [0.1, 0.15) is 45.5 Å². The fourth-order valence-electron chi connectivity index (χ4n) is 7.57. The summed E-state index contributed by atoms with van der Waals surface area (Å²) in [5.41, 5.74) is 5.34. The lowest BCUT2D eigenvalue weighted by Crippen LogP contribution is -2.68. The van der Waals surface area contributed by atoms with E-state index in [1.165, 1.54) is 0 Å². The number of benzene rings is 2. The summed E-state index contributed by atoms with van der Waals surface area (Å²) >= 11 is 17.5. The van der Waals surface area contributed by atoms with E-state index in [4.69, 9.17) is 68.0 Å². The maximum atomic E-state index is 12.9. The number of carbonyl (C=O) groups excluding carboxylic acids is 1. The number of alkyl halides is 3. The second kappa shape index (κ2) is 13.9. The topological polar surface area (TPSA) is 133 Å². The van der Waals surface area contributed by atoms with Gasteiger partial charge in [0.15, 0.2) is 29.8 Å². The van der Waals surface area contributed by atoms with E-state index in [0.29, 0.717) is 41.6 Å². The Morgan fingerprint density at radius 1 is 1.17 bits per heavy atom. The van der Waals surface area contributed by atoms with E-state index in [1.807, 2.05) is 13.8 Å². The van der Waals surface area contributed by atoms with Crippen LogP contribution in [0.25, 0.3) is 0 Å². The zero-order valence-electron chi connectivity index (χ0n) is 27.0. The summed E-state index contributed by atoms with van der Waals surface area (Å²) in [6.45, 7) is 7.62. The molecule has 2 aromatic carbocycles. The molecule has 15 heteroatoms. The van der Waals surface area contributed by atoms with Gasteiger partial charge in [-0.2, -0.15) is 5.26 Å². The monoisotopic (exact) mass is 722 g/mol. The molecule has 0 aliphatic carbocycles. The third-order valence-electron chi connectivity index (χ3n) is 9.21. The number of piperazine rings is 1. The van der Waals surface area contributed by atoms with Crippen LogP contribution < -0.4 is 34.3 Å². The fraction of sp³-hybridized carbons (Fsp3) is 0.515. The third-order valence-corrected chi connectivity index (χ3v) is 9.54. The van der Waals surface area contributed by atoms with Crippen molar-refractivity contribution in [3.63, 3.8) is 0 Å². The molecule has 258 valence electrons. The number of methoxy groups -OCH3 is 2. The highest BCUT2D eigenvalue weighted by atomic mass is 35.6. The highest BCUT2D eigenvalue weighted by Crippen LogP contribution is 2.56. The minimum atomic E-state index is -1.78. The molecule has 2 aromatic rings. The van der Waals surface area contributed by atoms with Gasteiger partial charge in [-0.1, -0.05) is 53.5 Å². The highest BCUT2D eigenvalue weighted by molar-refractivity contribution is 6.67. The largest absolute Gasteiger partial charge is 0.493 e. The molecule has 0 spiro atoms. The first-order valence-electron chi connectivity index (χ1n) is 15.4. The van der Waals surface area contributed by atoms with Gasteiger partial charge in [0, 0.05) is 48.0 Å². The van der Waals surface area contributed by atoms with E-state index in [9.17, 15) is 10.1 Å². The summed E-state index contributed by atoms with van der Waals surface area (Å²) < 4.78 is 39.2. The number of rotatable bonds is 10. The van der Waals surface area contributed by atoms with Crippen molar-refractivity contribution in [2.24, 2.45) is 0 Å². The van der Waals surface area contributed by atoms with Gasteiger partial charge in [0.2, 0.25) is 10.6 Å². The normalized spacial score (nSPS) is 23.6. The predicted octanol–water partition coefficient (Wildman–Crippen LogP) is 5.11. The maximum absolute atomic E-state index is 12.9. The van der Waals surface area contributed by atoms with E-state index in [1.54, 1.807) is 20.3 Å². The Labute approximate surface area is 294 Å². The van der Waals surface area contributed by atoms with Crippen LogP contribution in [0.2, 0.25) is 0 Å². The molecule has 4 aliphatic heterocycles. The molecule has 6 rings (SSSR count). The van der Waals surface area contributed by atoms with Crippen molar-refractivity contribution in [3.05, 3.63) is 52.1 Å². The smallest absolute Gasteiger partial charge is 0.407 e. The Morgan fingerprint density at radius 3 is 2.62 bits per heavy atom. The molecule has 1 unspecified atom stereocenters.